The first-order valence-electron chi connectivity index (χ1n) is 3.81. The van der Waals surface area contributed by atoms with Crippen LogP contribution in [0.25, 0.3) is 5.52 Å². The van der Waals surface area contributed by atoms with Gasteiger partial charge in [0.25, 0.3) is 0 Å². The first-order chi connectivity index (χ1) is 6.33. The van der Waals surface area contributed by atoms with Gasteiger partial charge in [-0.3, -0.25) is 0 Å². The summed E-state index contributed by atoms with van der Waals surface area (Å²) in [5, 5.41) is 8.57. The second-order valence-electron chi connectivity index (χ2n) is 2.61. The lowest BCUT2D eigenvalue weighted by atomic mass is 10.4. The van der Waals surface area contributed by atoms with Crippen LogP contribution < -0.4 is 0 Å². The molecule has 0 unspecified atom stereocenters. The Hall–Kier alpha value is -1.34. The summed E-state index contributed by atoms with van der Waals surface area (Å²) in [5.74, 6) is 0.768. The number of halogens is 1. The lowest BCUT2D eigenvalue weighted by molar-refractivity contribution is 0.985. The highest BCUT2D eigenvalue weighted by molar-refractivity contribution is 9.10. The van der Waals surface area contributed by atoms with Crippen molar-refractivity contribution in [2.75, 3.05) is 0 Å². The molecule has 0 saturated heterocycles. The average molecular weight is 236 g/mol. The van der Waals surface area contributed by atoms with Crippen LogP contribution >= 0.6 is 15.9 Å². The smallest absolute Gasteiger partial charge is 0.132 e. The molecular formula is C9H6BrN3. The van der Waals surface area contributed by atoms with Crippen LogP contribution in [0.5, 0.6) is 0 Å². The van der Waals surface area contributed by atoms with E-state index >= 15 is 0 Å². The number of nitriles is 1. The maximum atomic E-state index is 8.57. The number of hydrogen-bond donors (Lipinski definition) is 0. The van der Waals surface area contributed by atoms with E-state index in [0.29, 0.717) is 6.42 Å². The SMILES string of the molecule is N#CCc1nc(Br)c2ccccn12. The number of nitrogens with zero attached hydrogens (tertiary/aromatic N) is 3. The predicted octanol–water partition coefficient (Wildman–Crippen LogP) is 2.16. The zero-order valence-electron chi connectivity index (χ0n) is 6.74. The van der Waals surface area contributed by atoms with Crippen LogP contribution in [0.15, 0.2) is 29.0 Å². The molecule has 64 valence electrons. The highest BCUT2D eigenvalue weighted by Gasteiger charge is 2.06. The highest BCUT2D eigenvalue weighted by Crippen LogP contribution is 2.18. The van der Waals surface area contributed by atoms with Crippen molar-refractivity contribution >= 4 is 21.4 Å². The van der Waals surface area contributed by atoms with Gasteiger partial charge in [0.1, 0.15) is 10.4 Å². The van der Waals surface area contributed by atoms with E-state index in [2.05, 4.69) is 27.0 Å². The predicted molar refractivity (Wildman–Crippen MR) is 52.2 cm³/mol. The minimum Gasteiger partial charge on any atom is -0.302 e. The van der Waals surface area contributed by atoms with E-state index in [1.807, 2.05) is 28.8 Å². The molecule has 4 heteroatoms. The van der Waals surface area contributed by atoms with E-state index < -0.39 is 0 Å². The third-order valence-electron chi connectivity index (χ3n) is 1.81. The third-order valence-corrected chi connectivity index (χ3v) is 2.40. The summed E-state index contributed by atoms with van der Waals surface area (Å²) in [6.07, 6.45) is 2.23. The van der Waals surface area contributed by atoms with Crippen molar-refractivity contribution in [1.82, 2.24) is 9.38 Å². The van der Waals surface area contributed by atoms with Crippen LogP contribution in [0.1, 0.15) is 5.82 Å². The molecule has 0 bridgehead atoms. The van der Waals surface area contributed by atoms with Crippen molar-refractivity contribution in [3.05, 3.63) is 34.8 Å². The van der Waals surface area contributed by atoms with Gasteiger partial charge in [0.15, 0.2) is 0 Å². The van der Waals surface area contributed by atoms with Crippen molar-refractivity contribution in [3.63, 3.8) is 0 Å². The van der Waals surface area contributed by atoms with E-state index in [-0.39, 0.29) is 0 Å². The van der Waals surface area contributed by atoms with E-state index in [9.17, 15) is 0 Å². The van der Waals surface area contributed by atoms with Gasteiger partial charge >= 0.3 is 0 Å². The summed E-state index contributed by atoms with van der Waals surface area (Å²) in [5.41, 5.74) is 0.993. The molecule has 0 aliphatic heterocycles. The summed E-state index contributed by atoms with van der Waals surface area (Å²) in [4.78, 5) is 4.24. The van der Waals surface area contributed by atoms with Crippen molar-refractivity contribution in [3.8, 4) is 6.07 Å². The topological polar surface area (TPSA) is 41.1 Å². The molecule has 2 rings (SSSR count). The highest BCUT2D eigenvalue weighted by atomic mass is 79.9. The fraction of sp³-hybridized carbons (Fsp3) is 0.111. The minimum atomic E-state index is 0.330. The Balaban J connectivity index is 2.72. The summed E-state index contributed by atoms with van der Waals surface area (Å²) in [7, 11) is 0. The van der Waals surface area contributed by atoms with Gasteiger partial charge in [-0.05, 0) is 28.1 Å². The van der Waals surface area contributed by atoms with Gasteiger partial charge in [-0.15, -0.1) is 0 Å². The number of imidazole rings is 1. The molecule has 0 spiro atoms. The summed E-state index contributed by atoms with van der Waals surface area (Å²) >= 11 is 3.35. The summed E-state index contributed by atoms with van der Waals surface area (Å²) in [6.45, 7) is 0. The Kier molecular flexibility index (Phi) is 2.03. The van der Waals surface area contributed by atoms with Crippen LogP contribution in [0.3, 0.4) is 0 Å². The molecule has 0 atom stereocenters. The van der Waals surface area contributed by atoms with E-state index in [4.69, 9.17) is 5.26 Å². The van der Waals surface area contributed by atoms with Crippen LogP contribution in [-0.4, -0.2) is 9.38 Å². The Morgan fingerprint density at radius 3 is 3.15 bits per heavy atom. The Morgan fingerprint density at radius 2 is 2.38 bits per heavy atom. The van der Waals surface area contributed by atoms with E-state index in [1.54, 1.807) is 0 Å². The van der Waals surface area contributed by atoms with Crippen molar-refractivity contribution in [1.29, 1.82) is 5.26 Å². The molecule has 2 heterocycles. The quantitative estimate of drug-likeness (QED) is 0.761. The second kappa shape index (κ2) is 3.19. The van der Waals surface area contributed by atoms with E-state index in [0.717, 1.165) is 15.9 Å². The maximum Gasteiger partial charge on any atom is 0.132 e. The first-order valence-corrected chi connectivity index (χ1v) is 4.60. The van der Waals surface area contributed by atoms with Crippen LogP contribution in [0, 0.1) is 11.3 Å². The molecule has 0 radical (unpaired) electrons. The Labute approximate surface area is 83.8 Å². The zero-order chi connectivity index (χ0) is 9.26. The van der Waals surface area contributed by atoms with Gasteiger partial charge in [-0.25, -0.2) is 4.98 Å². The number of hydrogen-bond acceptors (Lipinski definition) is 2. The molecule has 2 aromatic heterocycles. The zero-order valence-corrected chi connectivity index (χ0v) is 8.32. The van der Waals surface area contributed by atoms with Crippen LogP contribution in [0.4, 0.5) is 0 Å². The van der Waals surface area contributed by atoms with Gasteiger partial charge in [0, 0.05) is 6.20 Å². The molecule has 0 amide bonds. The molecule has 0 saturated carbocycles. The molecule has 13 heavy (non-hydrogen) atoms. The Bertz CT molecular complexity index is 481. The lowest BCUT2D eigenvalue weighted by Gasteiger charge is -1.94. The average Bonchev–Trinajstić information content (AvgIpc) is 2.46. The largest absolute Gasteiger partial charge is 0.302 e. The van der Waals surface area contributed by atoms with Gasteiger partial charge in [-0.2, -0.15) is 5.26 Å². The van der Waals surface area contributed by atoms with Crippen molar-refractivity contribution in [2.24, 2.45) is 0 Å². The molecule has 0 aliphatic carbocycles. The Morgan fingerprint density at radius 1 is 1.54 bits per heavy atom. The molecule has 0 N–H and O–H groups in total. The molecular weight excluding hydrogens is 230 g/mol. The third kappa shape index (κ3) is 1.31. The lowest BCUT2D eigenvalue weighted by Crippen LogP contribution is -1.91. The van der Waals surface area contributed by atoms with Gasteiger partial charge in [-0.1, -0.05) is 6.07 Å². The fourth-order valence-corrected chi connectivity index (χ4v) is 1.78. The maximum absolute atomic E-state index is 8.57. The summed E-state index contributed by atoms with van der Waals surface area (Å²) < 4.78 is 2.70. The minimum absolute atomic E-state index is 0.330. The van der Waals surface area contributed by atoms with Crippen molar-refractivity contribution in [2.45, 2.75) is 6.42 Å². The van der Waals surface area contributed by atoms with Gasteiger partial charge in [0.2, 0.25) is 0 Å². The molecule has 2 aromatic rings. The monoisotopic (exact) mass is 235 g/mol. The number of fused-ring (bicyclic) bond motifs is 1. The molecule has 0 aromatic carbocycles. The normalized spacial score (nSPS) is 10.2. The van der Waals surface area contributed by atoms with Crippen LogP contribution in [-0.2, 0) is 6.42 Å². The number of rotatable bonds is 1. The fourth-order valence-electron chi connectivity index (χ4n) is 1.26. The van der Waals surface area contributed by atoms with Crippen molar-refractivity contribution < 1.29 is 0 Å². The second-order valence-corrected chi connectivity index (χ2v) is 3.36. The molecule has 3 nitrogen and oxygen atoms in total. The number of pyridine rings is 1. The molecule has 0 aliphatic rings. The first kappa shape index (κ1) is 8.27. The van der Waals surface area contributed by atoms with Gasteiger partial charge < -0.3 is 4.40 Å². The van der Waals surface area contributed by atoms with E-state index in [1.165, 1.54) is 0 Å². The summed E-state index contributed by atoms with van der Waals surface area (Å²) in [6, 6.07) is 7.90. The number of aromatic nitrogens is 2. The standard InChI is InChI=1S/C9H6BrN3/c10-9-7-3-1-2-6-13(7)8(12-9)4-5-11/h1-3,6H,4H2. The van der Waals surface area contributed by atoms with Crippen LogP contribution in [0.2, 0.25) is 0 Å². The molecule has 0 fully saturated rings. The van der Waals surface area contributed by atoms with Gasteiger partial charge in [0.05, 0.1) is 18.0 Å².